The summed E-state index contributed by atoms with van der Waals surface area (Å²) in [7, 11) is 0. The molecule has 1 saturated carbocycles. The Balaban J connectivity index is 1.51. The van der Waals surface area contributed by atoms with E-state index in [2.05, 4.69) is 5.10 Å². The van der Waals surface area contributed by atoms with E-state index in [4.69, 9.17) is 0 Å². The van der Waals surface area contributed by atoms with Crippen LogP contribution in [0.1, 0.15) is 74.3 Å². The van der Waals surface area contributed by atoms with Crippen molar-refractivity contribution in [3.05, 3.63) is 18.0 Å². The summed E-state index contributed by atoms with van der Waals surface area (Å²) in [6.07, 6.45) is 11.2. The van der Waals surface area contributed by atoms with Crippen LogP contribution in [0.5, 0.6) is 0 Å². The zero-order chi connectivity index (χ0) is 17.2. The zero-order valence-corrected chi connectivity index (χ0v) is 14.9. The normalized spacial score (nSPS) is 25.1. The van der Waals surface area contributed by atoms with Crippen molar-refractivity contribution >= 4 is 11.8 Å². The van der Waals surface area contributed by atoms with Crippen LogP contribution >= 0.6 is 0 Å². The zero-order valence-electron chi connectivity index (χ0n) is 14.9. The number of hydrogen-bond acceptors (Lipinski definition) is 3. The number of aromatic nitrogens is 2. The largest absolute Gasteiger partial charge is 0.341 e. The number of amides is 2. The Morgan fingerprint density at radius 3 is 2.64 bits per heavy atom. The van der Waals surface area contributed by atoms with E-state index in [1.165, 1.54) is 12.8 Å². The summed E-state index contributed by atoms with van der Waals surface area (Å²) in [5.41, 5.74) is 0.728. The first-order valence-electron chi connectivity index (χ1n) is 9.86. The molecule has 3 aliphatic rings. The minimum absolute atomic E-state index is 0.0979. The van der Waals surface area contributed by atoms with Crippen molar-refractivity contribution in [1.29, 1.82) is 0 Å². The molecule has 3 fully saturated rings. The number of nitrogens with zero attached hydrogens (tertiary/aromatic N) is 4. The van der Waals surface area contributed by atoms with Crippen LogP contribution in [0.15, 0.2) is 12.3 Å². The van der Waals surface area contributed by atoms with Gasteiger partial charge in [0, 0.05) is 38.3 Å². The second-order valence-corrected chi connectivity index (χ2v) is 7.69. The Labute approximate surface area is 149 Å². The van der Waals surface area contributed by atoms with Gasteiger partial charge in [-0.2, -0.15) is 5.10 Å². The third kappa shape index (κ3) is 3.31. The maximum atomic E-state index is 13.3. The summed E-state index contributed by atoms with van der Waals surface area (Å²) in [6, 6.07) is 2.39. The molecule has 0 aromatic carbocycles. The van der Waals surface area contributed by atoms with Gasteiger partial charge in [-0.1, -0.05) is 12.8 Å². The molecule has 3 heterocycles. The molecule has 6 nitrogen and oxygen atoms in total. The number of hydrogen-bond donors (Lipinski definition) is 0. The molecule has 1 aromatic heterocycles. The first-order chi connectivity index (χ1) is 12.2. The average Bonchev–Trinajstić information content (AvgIpc) is 3.36. The molecule has 0 radical (unpaired) electrons. The number of likely N-dealkylation sites (tertiary alicyclic amines) is 2. The van der Waals surface area contributed by atoms with Crippen molar-refractivity contribution in [3.63, 3.8) is 0 Å². The molecule has 1 aromatic rings. The van der Waals surface area contributed by atoms with E-state index in [0.29, 0.717) is 19.0 Å². The van der Waals surface area contributed by atoms with Crippen molar-refractivity contribution in [2.45, 2.75) is 69.9 Å². The first-order valence-corrected chi connectivity index (χ1v) is 9.86. The first kappa shape index (κ1) is 16.6. The lowest BCUT2D eigenvalue weighted by molar-refractivity contribution is -0.128. The quantitative estimate of drug-likeness (QED) is 0.844. The maximum absolute atomic E-state index is 13.3. The van der Waals surface area contributed by atoms with Gasteiger partial charge in [0.1, 0.15) is 5.69 Å². The third-order valence-electron chi connectivity index (χ3n) is 6.05. The molecule has 0 N–H and O–H groups in total. The minimum Gasteiger partial charge on any atom is -0.341 e. The highest BCUT2D eigenvalue weighted by Crippen LogP contribution is 2.31. The van der Waals surface area contributed by atoms with Crippen LogP contribution in [0.3, 0.4) is 0 Å². The van der Waals surface area contributed by atoms with Gasteiger partial charge in [0.2, 0.25) is 5.91 Å². The summed E-state index contributed by atoms with van der Waals surface area (Å²) in [5, 5.41) is 4.46. The third-order valence-corrected chi connectivity index (χ3v) is 6.05. The molecule has 1 atom stereocenters. The SMILES string of the molecule is O=C1CCCN1C[C@H]1CCCCN1C(=O)c1ccnn1C1CCCC1. The monoisotopic (exact) mass is 344 g/mol. The minimum atomic E-state index is 0.0979. The van der Waals surface area contributed by atoms with E-state index in [1.807, 2.05) is 20.5 Å². The molecule has 136 valence electrons. The van der Waals surface area contributed by atoms with Crippen LogP contribution < -0.4 is 0 Å². The number of rotatable bonds is 4. The van der Waals surface area contributed by atoms with Gasteiger partial charge in [-0.25, -0.2) is 0 Å². The number of carbonyl (C=O) groups is 2. The summed E-state index contributed by atoms with van der Waals surface area (Å²) >= 11 is 0. The lowest BCUT2D eigenvalue weighted by Gasteiger charge is -2.38. The van der Waals surface area contributed by atoms with Gasteiger partial charge in [0.15, 0.2) is 0 Å². The lowest BCUT2D eigenvalue weighted by Crippen LogP contribution is -2.50. The Morgan fingerprint density at radius 1 is 1.08 bits per heavy atom. The Hall–Kier alpha value is -1.85. The van der Waals surface area contributed by atoms with Crippen molar-refractivity contribution in [3.8, 4) is 0 Å². The standard InChI is InChI=1S/C19H28N4O2/c24-18-9-5-12-21(18)14-16-8-3-4-13-22(16)19(25)17-10-11-20-23(17)15-6-1-2-7-15/h10-11,15-16H,1-9,12-14H2/t16-/m1/s1. The van der Waals surface area contributed by atoms with E-state index in [1.54, 1.807) is 6.20 Å². The maximum Gasteiger partial charge on any atom is 0.272 e. The van der Waals surface area contributed by atoms with Crippen molar-refractivity contribution in [2.24, 2.45) is 0 Å². The van der Waals surface area contributed by atoms with Crippen LogP contribution in [0.4, 0.5) is 0 Å². The van der Waals surface area contributed by atoms with Crippen molar-refractivity contribution in [1.82, 2.24) is 19.6 Å². The number of carbonyl (C=O) groups excluding carboxylic acids is 2. The Kier molecular flexibility index (Phi) is 4.77. The van der Waals surface area contributed by atoms with Crippen LogP contribution in [-0.2, 0) is 4.79 Å². The lowest BCUT2D eigenvalue weighted by atomic mass is 10.0. The van der Waals surface area contributed by atoms with Gasteiger partial charge in [-0.05, 0) is 44.6 Å². The molecule has 0 unspecified atom stereocenters. The highest BCUT2D eigenvalue weighted by Gasteiger charge is 2.33. The summed E-state index contributed by atoms with van der Waals surface area (Å²) in [6.45, 7) is 2.33. The van der Waals surface area contributed by atoms with Gasteiger partial charge in [0.05, 0.1) is 6.04 Å². The molecule has 2 aliphatic heterocycles. The molecule has 6 heteroatoms. The highest BCUT2D eigenvalue weighted by atomic mass is 16.2. The van der Waals surface area contributed by atoms with E-state index >= 15 is 0 Å². The Bertz CT molecular complexity index is 635. The summed E-state index contributed by atoms with van der Waals surface area (Å²) < 4.78 is 1.96. The van der Waals surface area contributed by atoms with Crippen LogP contribution in [0, 0.1) is 0 Å². The van der Waals surface area contributed by atoms with E-state index < -0.39 is 0 Å². The fourth-order valence-corrected chi connectivity index (χ4v) is 4.68. The fraction of sp³-hybridized carbons (Fsp3) is 0.737. The topological polar surface area (TPSA) is 58.4 Å². The van der Waals surface area contributed by atoms with Crippen LogP contribution in [0.2, 0.25) is 0 Å². The smallest absolute Gasteiger partial charge is 0.272 e. The van der Waals surface area contributed by atoms with Gasteiger partial charge < -0.3 is 9.80 Å². The van der Waals surface area contributed by atoms with Gasteiger partial charge >= 0.3 is 0 Å². The second kappa shape index (κ2) is 7.18. The van der Waals surface area contributed by atoms with Gasteiger partial charge in [-0.3, -0.25) is 14.3 Å². The molecular weight excluding hydrogens is 316 g/mol. The molecule has 2 saturated heterocycles. The highest BCUT2D eigenvalue weighted by molar-refractivity contribution is 5.93. The van der Waals surface area contributed by atoms with Gasteiger partial charge in [-0.15, -0.1) is 0 Å². The van der Waals surface area contributed by atoms with E-state index in [9.17, 15) is 9.59 Å². The molecule has 25 heavy (non-hydrogen) atoms. The van der Waals surface area contributed by atoms with Crippen molar-refractivity contribution < 1.29 is 9.59 Å². The second-order valence-electron chi connectivity index (χ2n) is 7.69. The molecule has 0 spiro atoms. The van der Waals surface area contributed by atoms with Gasteiger partial charge in [0.25, 0.3) is 5.91 Å². The summed E-state index contributed by atoms with van der Waals surface area (Å²) in [4.78, 5) is 29.2. The molecule has 0 bridgehead atoms. The molecule has 2 amide bonds. The predicted molar refractivity (Wildman–Crippen MR) is 94.2 cm³/mol. The van der Waals surface area contributed by atoms with Crippen LogP contribution in [0.25, 0.3) is 0 Å². The van der Waals surface area contributed by atoms with E-state index in [-0.39, 0.29) is 17.9 Å². The predicted octanol–water partition coefficient (Wildman–Crippen LogP) is 2.62. The molecular formula is C19H28N4O2. The molecule has 4 rings (SSSR count). The number of piperidine rings is 1. The molecule has 1 aliphatic carbocycles. The average molecular weight is 344 g/mol. The fourth-order valence-electron chi connectivity index (χ4n) is 4.68. The van der Waals surface area contributed by atoms with E-state index in [0.717, 1.165) is 57.3 Å². The van der Waals surface area contributed by atoms with Crippen LogP contribution in [-0.4, -0.2) is 57.1 Å². The Morgan fingerprint density at radius 2 is 1.88 bits per heavy atom. The summed E-state index contributed by atoms with van der Waals surface area (Å²) in [5.74, 6) is 0.342. The van der Waals surface area contributed by atoms with Crippen molar-refractivity contribution in [2.75, 3.05) is 19.6 Å².